The van der Waals surface area contributed by atoms with Crippen LogP contribution in [-0.4, -0.2) is 25.0 Å². The molecule has 1 amide bonds. The van der Waals surface area contributed by atoms with Gasteiger partial charge in [-0.2, -0.15) is 0 Å². The summed E-state index contributed by atoms with van der Waals surface area (Å²) in [6, 6.07) is -0.457. The van der Waals surface area contributed by atoms with E-state index < -0.39 is 6.04 Å². The van der Waals surface area contributed by atoms with Gasteiger partial charge in [-0.15, -0.1) is 0 Å². The summed E-state index contributed by atoms with van der Waals surface area (Å²) in [6.45, 7) is 3.99. The van der Waals surface area contributed by atoms with E-state index in [0.29, 0.717) is 12.3 Å². The number of carbonyl (C=O) groups excluding carboxylic acids is 2. The van der Waals surface area contributed by atoms with Crippen LogP contribution in [0.3, 0.4) is 0 Å². The number of amides is 1. The maximum absolute atomic E-state index is 11.8. The smallest absolute Gasteiger partial charge is 0.328 e. The van der Waals surface area contributed by atoms with Gasteiger partial charge in [-0.1, -0.05) is 33.1 Å². The van der Waals surface area contributed by atoms with Gasteiger partial charge in [0.15, 0.2) is 0 Å². The molecule has 1 atom stereocenters. The van der Waals surface area contributed by atoms with E-state index >= 15 is 0 Å². The van der Waals surface area contributed by atoms with Gasteiger partial charge in [-0.3, -0.25) is 4.79 Å². The summed E-state index contributed by atoms with van der Waals surface area (Å²) < 4.78 is 4.82. The van der Waals surface area contributed by atoms with Gasteiger partial charge in [0.1, 0.15) is 6.04 Å². The Morgan fingerprint density at radius 2 is 1.83 bits per heavy atom. The van der Waals surface area contributed by atoms with Gasteiger partial charge in [-0.25, -0.2) is 4.79 Å². The number of hydrogen-bond donors (Lipinski definition) is 1. The molecular formula is C14H25NO3. The van der Waals surface area contributed by atoms with Crippen LogP contribution < -0.4 is 5.32 Å². The molecule has 18 heavy (non-hydrogen) atoms. The molecule has 0 aliphatic heterocycles. The van der Waals surface area contributed by atoms with Crippen LogP contribution in [0.2, 0.25) is 0 Å². The average molecular weight is 255 g/mol. The fourth-order valence-electron chi connectivity index (χ4n) is 2.57. The molecule has 0 radical (unpaired) electrons. The standard InChI is InChI=1S/C14H25NO3/c1-10(2)9-12(16)15-13(14(17)18-3)11-7-5-4-6-8-11/h10-11,13H,4-9H2,1-3H3,(H,15,16)/t13-/m1/s1. The Labute approximate surface area is 109 Å². The van der Waals surface area contributed by atoms with Crippen LogP contribution in [0, 0.1) is 11.8 Å². The van der Waals surface area contributed by atoms with E-state index in [9.17, 15) is 9.59 Å². The van der Waals surface area contributed by atoms with E-state index in [2.05, 4.69) is 5.32 Å². The fraction of sp³-hybridized carbons (Fsp3) is 0.857. The van der Waals surface area contributed by atoms with Crippen LogP contribution in [0.4, 0.5) is 0 Å². The summed E-state index contributed by atoms with van der Waals surface area (Å²) in [5.74, 6) is 0.182. The van der Waals surface area contributed by atoms with Crippen LogP contribution in [0.25, 0.3) is 0 Å². The van der Waals surface area contributed by atoms with E-state index in [1.165, 1.54) is 13.5 Å². The zero-order valence-electron chi connectivity index (χ0n) is 11.7. The Bertz CT molecular complexity index is 283. The summed E-state index contributed by atoms with van der Waals surface area (Å²) in [7, 11) is 1.38. The van der Waals surface area contributed by atoms with Crippen LogP contribution >= 0.6 is 0 Å². The number of hydrogen-bond acceptors (Lipinski definition) is 3. The van der Waals surface area contributed by atoms with E-state index in [0.717, 1.165) is 25.7 Å². The zero-order chi connectivity index (χ0) is 13.5. The highest BCUT2D eigenvalue weighted by atomic mass is 16.5. The molecule has 0 aromatic rings. The minimum atomic E-state index is -0.457. The van der Waals surface area contributed by atoms with Gasteiger partial charge in [0.25, 0.3) is 0 Å². The lowest BCUT2D eigenvalue weighted by atomic mass is 9.83. The lowest BCUT2D eigenvalue weighted by Crippen LogP contribution is -2.47. The van der Waals surface area contributed by atoms with Crippen molar-refractivity contribution in [2.75, 3.05) is 7.11 Å². The highest BCUT2D eigenvalue weighted by Crippen LogP contribution is 2.27. The molecule has 1 saturated carbocycles. The van der Waals surface area contributed by atoms with Gasteiger partial charge in [0.05, 0.1) is 7.11 Å². The molecule has 1 N–H and O–H groups in total. The first-order chi connectivity index (χ1) is 8.54. The SMILES string of the molecule is COC(=O)[C@H](NC(=O)CC(C)C)C1CCCCC1. The number of carbonyl (C=O) groups is 2. The molecule has 104 valence electrons. The summed E-state index contributed by atoms with van der Waals surface area (Å²) in [5.41, 5.74) is 0. The quantitative estimate of drug-likeness (QED) is 0.767. The Kier molecular flexibility index (Phi) is 6.16. The first-order valence-electron chi connectivity index (χ1n) is 6.91. The van der Waals surface area contributed by atoms with Crippen LogP contribution in [0.5, 0.6) is 0 Å². The average Bonchev–Trinajstić information content (AvgIpc) is 2.35. The number of rotatable bonds is 5. The Balaban J connectivity index is 2.60. The molecule has 1 rings (SSSR count). The number of nitrogens with one attached hydrogen (secondary N) is 1. The maximum atomic E-state index is 11.8. The Hall–Kier alpha value is -1.06. The van der Waals surface area contributed by atoms with Crippen molar-refractivity contribution in [2.24, 2.45) is 11.8 Å². The van der Waals surface area contributed by atoms with Crippen molar-refractivity contribution in [1.29, 1.82) is 0 Å². The van der Waals surface area contributed by atoms with E-state index in [1.807, 2.05) is 13.8 Å². The molecule has 1 aliphatic carbocycles. The van der Waals surface area contributed by atoms with Crippen molar-refractivity contribution < 1.29 is 14.3 Å². The third-order valence-electron chi connectivity index (χ3n) is 3.49. The summed E-state index contributed by atoms with van der Waals surface area (Å²) in [4.78, 5) is 23.6. The molecule has 4 nitrogen and oxygen atoms in total. The molecule has 0 bridgehead atoms. The van der Waals surface area contributed by atoms with Crippen molar-refractivity contribution in [3.8, 4) is 0 Å². The summed E-state index contributed by atoms with van der Waals surface area (Å²) in [5, 5.41) is 2.86. The summed E-state index contributed by atoms with van der Waals surface area (Å²) in [6.07, 6.45) is 5.96. The molecule has 1 fully saturated rings. The first kappa shape index (κ1) is 15.0. The van der Waals surface area contributed by atoms with E-state index in [-0.39, 0.29) is 17.8 Å². The third-order valence-corrected chi connectivity index (χ3v) is 3.49. The normalized spacial score (nSPS) is 18.4. The molecule has 0 aromatic heterocycles. The second kappa shape index (κ2) is 7.39. The zero-order valence-corrected chi connectivity index (χ0v) is 11.7. The van der Waals surface area contributed by atoms with Crippen LogP contribution in [-0.2, 0) is 14.3 Å². The minimum absolute atomic E-state index is 0.0500. The third kappa shape index (κ3) is 4.67. The molecule has 0 aromatic carbocycles. The van der Waals surface area contributed by atoms with Crippen molar-refractivity contribution in [2.45, 2.75) is 58.4 Å². The number of esters is 1. The Morgan fingerprint density at radius 1 is 1.22 bits per heavy atom. The van der Waals surface area contributed by atoms with Gasteiger partial charge >= 0.3 is 5.97 Å². The van der Waals surface area contributed by atoms with Crippen molar-refractivity contribution in [3.05, 3.63) is 0 Å². The number of methoxy groups -OCH3 is 1. The second-order valence-electron chi connectivity index (χ2n) is 5.56. The molecule has 0 saturated heterocycles. The second-order valence-corrected chi connectivity index (χ2v) is 5.56. The van der Waals surface area contributed by atoms with Gasteiger partial charge in [0.2, 0.25) is 5.91 Å². The van der Waals surface area contributed by atoms with Gasteiger partial charge < -0.3 is 10.1 Å². The molecule has 0 spiro atoms. The molecule has 0 unspecified atom stereocenters. The molecule has 4 heteroatoms. The van der Waals surface area contributed by atoms with Crippen molar-refractivity contribution in [1.82, 2.24) is 5.32 Å². The predicted octanol–water partition coefficient (Wildman–Crippen LogP) is 2.27. The lowest BCUT2D eigenvalue weighted by Gasteiger charge is -2.29. The highest BCUT2D eigenvalue weighted by Gasteiger charge is 2.31. The maximum Gasteiger partial charge on any atom is 0.328 e. The number of ether oxygens (including phenoxy) is 1. The van der Waals surface area contributed by atoms with Gasteiger partial charge in [0, 0.05) is 6.42 Å². The van der Waals surface area contributed by atoms with Crippen LogP contribution in [0.15, 0.2) is 0 Å². The summed E-state index contributed by atoms with van der Waals surface area (Å²) >= 11 is 0. The van der Waals surface area contributed by atoms with Crippen LogP contribution in [0.1, 0.15) is 52.4 Å². The lowest BCUT2D eigenvalue weighted by molar-refractivity contribution is -0.147. The topological polar surface area (TPSA) is 55.4 Å². The Morgan fingerprint density at radius 3 is 2.33 bits per heavy atom. The van der Waals surface area contributed by atoms with Crippen molar-refractivity contribution in [3.63, 3.8) is 0 Å². The largest absolute Gasteiger partial charge is 0.467 e. The fourth-order valence-corrected chi connectivity index (χ4v) is 2.57. The van der Waals surface area contributed by atoms with E-state index in [1.54, 1.807) is 0 Å². The van der Waals surface area contributed by atoms with Gasteiger partial charge in [-0.05, 0) is 24.7 Å². The van der Waals surface area contributed by atoms with Crippen molar-refractivity contribution >= 4 is 11.9 Å². The predicted molar refractivity (Wildman–Crippen MR) is 70.0 cm³/mol. The first-order valence-corrected chi connectivity index (χ1v) is 6.91. The monoisotopic (exact) mass is 255 g/mol. The molecular weight excluding hydrogens is 230 g/mol. The minimum Gasteiger partial charge on any atom is -0.467 e. The molecule has 1 aliphatic rings. The highest BCUT2D eigenvalue weighted by molar-refractivity contribution is 5.84. The molecule has 0 heterocycles. The van der Waals surface area contributed by atoms with E-state index in [4.69, 9.17) is 4.74 Å².